The van der Waals surface area contributed by atoms with Crippen LogP contribution in [0, 0.1) is 17.2 Å². The number of benzene rings is 1. The van der Waals surface area contributed by atoms with E-state index in [9.17, 15) is 20.0 Å². The monoisotopic (exact) mass is 479 g/mol. The lowest BCUT2D eigenvalue weighted by molar-refractivity contribution is 0.0352. The number of carbonyl (C=O) groups excluding carboxylic acids is 2. The minimum absolute atomic E-state index is 0.000471. The van der Waals surface area contributed by atoms with E-state index in [-0.39, 0.29) is 41.9 Å². The summed E-state index contributed by atoms with van der Waals surface area (Å²) < 4.78 is 6.25. The minimum atomic E-state index is -0.432. The summed E-state index contributed by atoms with van der Waals surface area (Å²) in [7, 11) is 1.70. The lowest BCUT2D eigenvalue weighted by Gasteiger charge is -2.37. The third kappa shape index (κ3) is 6.08. The number of nitriles is 1. The van der Waals surface area contributed by atoms with E-state index in [0.29, 0.717) is 24.2 Å². The average molecular weight is 480 g/mol. The fourth-order valence-electron chi connectivity index (χ4n) is 3.96. The summed E-state index contributed by atoms with van der Waals surface area (Å²) in [6.45, 7) is 7.98. The van der Waals surface area contributed by atoms with Crippen LogP contribution in [0.4, 0.5) is 4.79 Å². The van der Waals surface area contributed by atoms with Gasteiger partial charge in [0.2, 0.25) is 5.88 Å². The number of nitrogens with one attached hydrogen (secondary N) is 1. The molecule has 0 saturated carbocycles. The second kappa shape index (κ2) is 11.2. The SMILES string of the molecule is CC(C)NC(=O)N(C)C[C@H]1Oc2ncc(-c3cccc(C#N)c3)cc2C(=O)N([C@@H](C)CO)C[C@H]1C. The molecule has 3 atom stereocenters. The van der Waals surface area contributed by atoms with Gasteiger partial charge in [0, 0.05) is 37.3 Å². The van der Waals surface area contributed by atoms with Gasteiger partial charge in [-0.05, 0) is 44.5 Å². The summed E-state index contributed by atoms with van der Waals surface area (Å²) in [5.41, 5.74) is 2.21. The molecule has 2 aromatic rings. The quantitative estimate of drug-likeness (QED) is 0.658. The smallest absolute Gasteiger partial charge is 0.317 e. The number of carbonyl (C=O) groups is 2. The Bertz CT molecular complexity index is 1110. The zero-order valence-electron chi connectivity index (χ0n) is 20.9. The summed E-state index contributed by atoms with van der Waals surface area (Å²) in [6.07, 6.45) is 1.18. The van der Waals surface area contributed by atoms with Gasteiger partial charge < -0.3 is 25.0 Å². The molecule has 1 aromatic carbocycles. The van der Waals surface area contributed by atoms with E-state index in [1.807, 2.05) is 26.8 Å². The standard InChI is InChI=1S/C26H33N5O4/c1-16(2)29-26(34)30(5)14-23-17(3)13-31(18(4)15-32)25(33)22-10-21(12-28-24(22)35-23)20-8-6-7-19(9-20)11-27/h6-10,12,16-18,23,32H,13-15H2,1-5H3,(H,29,34)/t17-,18+,23-/m1/s1. The van der Waals surface area contributed by atoms with Crippen LogP contribution in [0.1, 0.15) is 43.6 Å². The second-order valence-electron chi connectivity index (χ2n) is 9.38. The predicted octanol–water partition coefficient (Wildman–Crippen LogP) is 2.89. The molecule has 186 valence electrons. The van der Waals surface area contributed by atoms with E-state index >= 15 is 0 Å². The lowest BCUT2D eigenvalue weighted by Crippen LogP contribution is -2.51. The number of hydrogen-bond acceptors (Lipinski definition) is 6. The van der Waals surface area contributed by atoms with Crippen molar-refractivity contribution in [3.05, 3.63) is 47.7 Å². The Labute approximate surface area is 206 Å². The summed E-state index contributed by atoms with van der Waals surface area (Å²) in [4.78, 5) is 33.7. The Morgan fingerprint density at radius 1 is 1.34 bits per heavy atom. The highest BCUT2D eigenvalue weighted by atomic mass is 16.5. The lowest BCUT2D eigenvalue weighted by atomic mass is 9.99. The molecular formula is C26H33N5O4. The summed E-state index contributed by atoms with van der Waals surface area (Å²) in [5.74, 6) is -0.243. The first-order valence-corrected chi connectivity index (χ1v) is 11.7. The summed E-state index contributed by atoms with van der Waals surface area (Å²) in [5, 5.41) is 21.9. The van der Waals surface area contributed by atoms with Gasteiger partial charge in [-0.1, -0.05) is 19.1 Å². The summed E-state index contributed by atoms with van der Waals surface area (Å²) in [6, 6.07) is 10.3. The van der Waals surface area contributed by atoms with Crippen molar-refractivity contribution in [3.63, 3.8) is 0 Å². The van der Waals surface area contributed by atoms with Crippen LogP contribution in [0.25, 0.3) is 11.1 Å². The largest absolute Gasteiger partial charge is 0.472 e. The van der Waals surface area contributed by atoms with Crippen LogP contribution in [0.2, 0.25) is 0 Å². The highest BCUT2D eigenvalue weighted by Gasteiger charge is 2.34. The number of hydrogen-bond donors (Lipinski definition) is 2. The topological polar surface area (TPSA) is 119 Å². The highest BCUT2D eigenvalue weighted by Crippen LogP contribution is 2.30. The molecule has 3 rings (SSSR count). The van der Waals surface area contributed by atoms with Crippen molar-refractivity contribution < 1.29 is 19.4 Å². The zero-order chi connectivity index (χ0) is 25.7. The van der Waals surface area contributed by atoms with E-state index < -0.39 is 12.1 Å². The number of pyridine rings is 1. The molecule has 0 spiro atoms. The van der Waals surface area contributed by atoms with Crippen molar-refractivity contribution in [1.29, 1.82) is 5.26 Å². The number of amides is 3. The number of fused-ring (bicyclic) bond motifs is 1. The van der Waals surface area contributed by atoms with Gasteiger partial charge in [-0.25, -0.2) is 9.78 Å². The molecule has 2 N–H and O–H groups in total. The number of aliphatic hydroxyl groups is 1. The molecule has 0 fully saturated rings. The predicted molar refractivity (Wildman–Crippen MR) is 132 cm³/mol. The molecule has 1 aliphatic rings. The van der Waals surface area contributed by atoms with Gasteiger partial charge in [-0.15, -0.1) is 0 Å². The third-order valence-electron chi connectivity index (χ3n) is 6.06. The average Bonchev–Trinajstić information content (AvgIpc) is 2.84. The Hall–Kier alpha value is -3.64. The maximum absolute atomic E-state index is 13.6. The van der Waals surface area contributed by atoms with Crippen LogP contribution in [0.15, 0.2) is 36.5 Å². The van der Waals surface area contributed by atoms with Crippen LogP contribution < -0.4 is 10.1 Å². The van der Waals surface area contributed by atoms with Crippen molar-refractivity contribution >= 4 is 11.9 Å². The maximum Gasteiger partial charge on any atom is 0.317 e. The van der Waals surface area contributed by atoms with Crippen molar-refractivity contribution in [1.82, 2.24) is 20.1 Å². The van der Waals surface area contributed by atoms with Gasteiger partial charge in [0.25, 0.3) is 5.91 Å². The van der Waals surface area contributed by atoms with Crippen molar-refractivity contribution in [3.8, 4) is 23.1 Å². The van der Waals surface area contributed by atoms with Gasteiger partial charge in [-0.3, -0.25) is 4.79 Å². The maximum atomic E-state index is 13.6. The fraction of sp³-hybridized carbons (Fsp3) is 0.462. The molecule has 0 saturated heterocycles. The van der Waals surface area contributed by atoms with Gasteiger partial charge in [0.05, 0.1) is 30.8 Å². The fourth-order valence-corrected chi connectivity index (χ4v) is 3.96. The first kappa shape index (κ1) is 26.0. The van der Waals surface area contributed by atoms with Crippen molar-refractivity contribution in [2.45, 2.75) is 45.9 Å². The van der Waals surface area contributed by atoms with Crippen molar-refractivity contribution in [2.24, 2.45) is 5.92 Å². The Morgan fingerprint density at radius 3 is 2.74 bits per heavy atom. The Morgan fingerprint density at radius 2 is 2.09 bits per heavy atom. The number of rotatable bonds is 6. The zero-order valence-corrected chi connectivity index (χ0v) is 20.9. The summed E-state index contributed by atoms with van der Waals surface area (Å²) >= 11 is 0. The first-order valence-electron chi connectivity index (χ1n) is 11.7. The van der Waals surface area contributed by atoms with Crippen LogP contribution in [-0.2, 0) is 0 Å². The number of aliphatic hydroxyl groups excluding tert-OH is 1. The number of nitrogens with zero attached hydrogens (tertiary/aromatic N) is 4. The van der Waals surface area contributed by atoms with Gasteiger partial charge in [0.1, 0.15) is 11.7 Å². The normalized spacial score (nSPS) is 18.6. The van der Waals surface area contributed by atoms with Gasteiger partial charge in [-0.2, -0.15) is 5.26 Å². The molecular weight excluding hydrogens is 446 g/mol. The highest BCUT2D eigenvalue weighted by molar-refractivity contribution is 5.98. The second-order valence-corrected chi connectivity index (χ2v) is 9.38. The van der Waals surface area contributed by atoms with E-state index in [0.717, 1.165) is 5.56 Å². The van der Waals surface area contributed by atoms with Crippen LogP contribution in [0.3, 0.4) is 0 Å². The number of aromatic nitrogens is 1. The third-order valence-corrected chi connectivity index (χ3v) is 6.06. The number of ether oxygens (including phenoxy) is 1. The molecule has 3 amide bonds. The Balaban J connectivity index is 2.01. The molecule has 0 bridgehead atoms. The molecule has 35 heavy (non-hydrogen) atoms. The van der Waals surface area contributed by atoms with Gasteiger partial charge >= 0.3 is 6.03 Å². The molecule has 9 nitrogen and oxygen atoms in total. The van der Waals surface area contributed by atoms with Crippen molar-refractivity contribution in [2.75, 3.05) is 26.7 Å². The molecule has 1 aromatic heterocycles. The first-order chi connectivity index (χ1) is 16.6. The van der Waals surface area contributed by atoms with Crippen LogP contribution >= 0.6 is 0 Å². The molecule has 2 heterocycles. The van der Waals surface area contributed by atoms with E-state index in [4.69, 9.17) is 4.74 Å². The van der Waals surface area contributed by atoms with E-state index in [2.05, 4.69) is 16.4 Å². The van der Waals surface area contributed by atoms with Gasteiger partial charge in [0.15, 0.2) is 0 Å². The molecule has 1 aliphatic heterocycles. The molecule has 0 aliphatic carbocycles. The van der Waals surface area contributed by atoms with Crippen LogP contribution in [0.5, 0.6) is 5.88 Å². The molecule has 0 unspecified atom stereocenters. The van der Waals surface area contributed by atoms with E-state index in [1.165, 1.54) is 0 Å². The molecule has 0 radical (unpaired) electrons. The number of likely N-dealkylation sites (N-methyl/N-ethyl adjacent to an activating group) is 1. The van der Waals surface area contributed by atoms with Crippen LogP contribution in [-0.4, -0.2) is 76.8 Å². The molecule has 9 heteroatoms. The minimum Gasteiger partial charge on any atom is -0.472 e. The number of urea groups is 1. The Kier molecular flexibility index (Phi) is 8.30. The van der Waals surface area contributed by atoms with E-state index in [1.54, 1.807) is 54.2 Å².